The van der Waals surface area contributed by atoms with E-state index in [1.807, 2.05) is 55.5 Å². The van der Waals surface area contributed by atoms with Crippen molar-refractivity contribution in [3.8, 4) is 16.9 Å². The van der Waals surface area contributed by atoms with Crippen molar-refractivity contribution in [2.24, 2.45) is 7.05 Å². The van der Waals surface area contributed by atoms with Gasteiger partial charge in [0.05, 0.1) is 12.8 Å². The Morgan fingerprint density at radius 2 is 1.88 bits per heavy atom. The number of carbonyl (C=O) groups is 1. The fourth-order valence-corrected chi connectivity index (χ4v) is 2.61. The minimum Gasteiger partial charge on any atom is -0.496 e. The van der Waals surface area contributed by atoms with E-state index in [2.05, 4.69) is 10.4 Å². The van der Waals surface area contributed by atoms with Crippen LogP contribution in [0, 0.1) is 6.92 Å². The highest BCUT2D eigenvalue weighted by atomic mass is 16.5. The van der Waals surface area contributed by atoms with Gasteiger partial charge in [-0.2, -0.15) is 5.10 Å². The fraction of sp³-hybridized carbons (Fsp3) is 0.158. The third-order valence-corrected chi connectivity index (χ3v) is 3.79. The van der Waals surface area contributed by atoms with Crippen LogP contribution in [-0.4, -0.2) is 22.8 Å². The number of methoxy groups -OCH3 is 1. The number of nitrogens with one attached hydrogen (secondary N) is 1. The number of amides is 1. The number of aromatic nitrogens is 2. The van der Waals surface area contributed by atoms with Gasteiger partial charge in [0.2, 0.25) is 0 Å². The molecule has 3 aromatic rings. The van der Waals surface area contributed by atoms with Gasteiger partial charge in [0.1, 0.15) is 11.6 Å². The molecule has 5 heteroatoms. The van der Waals surface area contributed by atoms with Gasteiger partial charge in [-0.3, -0.25) is 9.48 Å². The van der Waals surface area contributed by atoms with Gasteiger partial charge >= 0.3 is 0 Å². The molecule has 0 unspecified atom stereocenters. The molecule has 1 heterocycles. The first kappa shape index (κ1) is 15.8. The number of rotatable bonds is 4. The quantitative estimate of drug-likeness (QED) is 0.798. The van der Waals surface area contributed by atoms with E-state index in [1.165, 1.54) is 0 Å². The molecule has 0 radical (unpaired) electrons. The maximum Gasteiger partial charge on any atom is 0.256 e. The molecule has 0 atom stereocenters. The van der Waals surface area contributed by atoms with Crippen LogP contribution in [0.3, 0.4) is 0 Å². The summed E-state index contributed by atoms with van der Waals surface area (Å²) in [4.78, 5) is 12.6. The van der Waals surface area contributed by atoms with Gasteiger partial charge in [-0.05, 0) is 30.7 Å². The van der Waals surface area contributed by atoms with Crippen molar-refractivity contribution >= 4 is 11.7 Å². The molecule has 0 spiro atoms. The van der Waals surface area contributed by atoms with Crippen LogP contribution in [0.1, 0.15) is 16.1 Å². The summed E-state index contributed by atoms with van der Waals surface area (Å²) in [5.41, 5.74) is 3.30. The first-order valence-electron chi connectivity index (χ1n) is 7.64. The lowest BCUT2D eigenvalue weighted by Gasteiger charge is -2.11. The molecule has 1 N–H and O–H groups in total. The molecule has 122 valence electrons. The third-order valence-electron chi connectivity index (χ3n) is 3.79. The second-order valence-corrected chi connectivity index (χ2v) is 5.53. The molecule has 0 aliphatic rings. The average molecular weight is 321 g/mol. The lowest BCUT2D eigenvalue weighted by atomic mass is 10.0. The Balaban J connectivity index is 1.94. The van der Waals surface area contributed by atoms with Gasteiger partial charge in [0.25, 0.3) is 5.91 Å². The molecule has 1 aromatic heterocycles. The maximum absolute atomic E-state index is 12.6. The van der Waals surface area contributed by atoms with Crippen molar-refractivity contribution in [1.82, 2.24) is 9.78 Å². The highest BCUT2D eigenvalue weighted by Gasteiger charge is 2.13. The summed E-state index contributed by atoms with van der Waals surface area (Å²) in [5.74, 6) is 1.21. The van der Waals surface area contributed by atoms with Crippen LogP contribution in [0.4, 0.5) is 5.82 Å². The molecule has 3 rings (SSSR count). The lowest BCUT2D eigenvalue weighted by molar-refractivity contribution is 0.102. The zero-order chi connectivity index (χ0) is 17.1. The minimum atomic E-state index is -0.183. The molecule has 24 heavy (non-hydrogen) atoms. The summed E-state index contributed by atoms with van der Waals surface area (Å²) < 4.78 is 7.08. The molecular formula is C19H19N3O2. The summed E-state index contributed by atoms with van der Waals surface area (Å²) in [6.45, 7) is 1.89. The summed E-state index contributed by atoms with van der Waals surface area (Å²) in [6.07, 6.45) is 0. The zero-order valence-electron chi connectivity index (χ0n) is 13.9. The monoisotopic (exact) mass is 321 g/mol. The van der Waals surface area contributed by atoms with Crippen molar-refractivity contribution in [2.45, 2.75) is 6.92 Å². The summed E-state index contributed by atoms with van der Waals surface area (Å²) in [5, 5.41) is 7.12. The first-order chi connectivity index (χ1) is 11.6. The van der Waals surface area contributed by atoms with Crippen molar-refractivity contribution in [2.75, 3.05) is 12.4 Å². The Kier molecular flexibility index (Phi) is 4.33. The van der Waals surface area contributed by atoms with Crippen LogP contribution in [0.25, 0.3) is 11.1 Å². The van der Waals surface area contributed by atoms with Crippen molar-refractivity contribution in [1.29, 1.82) is 0 Å². The number of benzene rings is 2. The van der Waals surface area contributed by atoms with Crippen molar-refractivity contribution in [3.05, 3.63) is 65.9 Å². The van der Waals surface area contributed by atoms with Crippen molar-refractivity contribution in [3.63, 3.8) is 0 Å². The predicted octanol–water partition coefficient (Wildman–Crippen LogP) is 3.66. The van der Waals surface area contributed by atoms with E-state index >= 15 is 0 Å². The first-order valence-corrected chi connectivity index (χ1v) is 7.64. The van der Waals surface area contributed by atoms with Crippen LogP contribution in [0.2, 0.25) is 0 Å². The smallest absolute Gasteiger partial charge is 0.256 e. The van der Waals surface area contributed by atoms with Crippen LogP contribution >= 0.6 is 0 Å². The number of aryl methyl sites for hydroxylation is 2. The molecule has 0 saturated heterocycles. The Morgan fingerprint density at radius 3 is 2.50 bits per heavy atom. The van der Waals surface area contributed by atoms with Gasteiger partial charge in [-0.25, -0.2) is 0 Å². The average Bonchev–Trinajstić information content (AvgIpc) is 2.92. The number of hydrogen-bond donors (Lipinski definition) is 1. The van der Waals surface area contributed by atoms with E-state index in [4.69, 9.17) is 4.74 Å². The van der Waals surface area contributed by atoms with Gasteiger partial charge in [0, 0.05) is 24.2 Å². The Labute approximate surface area is 140 Å². The van der Waals surface area contributed by atoms with Crippen LogP contribution in [0.15, 0.2) is 54.6 Å². The zero-order valence-corrected chi connectivity index (χ0v) is 13.9. The summed E-state index contributed by atoms with van der Waals surface area (Å²) in [6, 6.07) is 17.1. The third kappa shape index (κ3) is 3.15. The summed E-state index contributed by atoms with van der Waals surface area (Å²) in [7, 11) is 3.42. The highest BCUT2D eigenvalue weighted by Crippen LogP contribution is 2.31. The standard InChI is InChI=1S/C19H19N3O2/c1-13-11-18(22(2)21-13)20-19(23)15-9-10-17(24-3)16(12-15)14-7-5-4-6-8-14/h4-12H,1-3H3,(H,20,23). The second kappa shape index (κ2) is 6.58. The Hall–Kier alpha value is -3.08. The Morgan fingerprint density at radius 1 is 1.12 bits per heavy atom. The normalized spacial score (nSPS) is 10.5. The molecule has 1 amide bonds. The number of carbonyl (C=O) groups excluding carboxylic acids is 1. The molecule has 0 aliphatic carbocycles. The highest BCUT2D eigenvalue weighted by molar-refractivity contribution is 6.04. The molecule has 0 saturated carbocycles. The minimum absolute atomic E-state index is 0.183. The van der Waals surface area contributed by atoms with Gasteiger partial charge in [0.15, 0.2) is 0 Å². The van der Waals surface area contributed by atoms with Crippen LogP contribution in [0.5, 0.6) is 5.75 Å². The van der Waals surface area contributed by atoms with E-state index in [-0.39, 0.29) is 5.91 Å². The number of ether oxygens (including phenoxy) is 1. The SMILES string of the molecule is COc1ccc(C(=O)Nc2cc(C)nn2C)cc1-c1ccccc1. The fourth-order valence-electron chi connectivity index (χ4n) is 2.61. The number of nitrogens with zero attached hydrogens (tertiary/aromatic N) is 2. The molecule has 0 bridgehead atoms. The second-order valence-electron chi connectivity index (χ2n) is 5.53. The van der Waals surface area contributed by atoms with E-state index in [9.17, 15) is 4.79 Å². The van der Waals surface area contributed by atoms with Gasteiger partial charge in [-0.15, -0.1) is 0 Å². The Bertz CT molecular complexity index is 870. The molecule has 0 fully saturated rings. The lowest BCUT2D eigenvalue weighted by Crippen LogP contribution is -2.14. The molecular weight excluding hydrogens is 302 g/mol. The van der Waals surface area contributed by atoms with E-state index in [0.717, 1.165) is 22.6 Å². The summed E-state index contributed by atoms with van der Waals surface area (Å²) >= 11 is 0. The molecule has 5 nitrogen and oxygen atoms in total. The molecule has 2 aromatic carbocycles. The van der Waals surface area contributed by atoms with E-state index in [0.29, 0.717) is 11.4 Å². The van der Waals surface area contributed by atoms with Crippen molar-refractivity contribution < 1.29 is 9.53 Å². The van der Waals surface area contributed by atoms with Crippen LogP contribution in [-0.2, 0) is 7.05 Å². The predicted molar refractivity (Wildman–Crippen MR) is 94.3 cm³/mol. The van der Waals surface area contributed by atoms with Crippen LogP contribution < -0.4 is 10.1 Å². The largest absolute Gasteiger partial charge is 0.496 e. The van der Waals surface area contributed by atoms with E-state index in [1.54, 1.807) is 24.9 Å². The molecule has 0 aliphatic heterocycles. The van der Waals surface area contributed by atoms with Gasteiger partial charge in [-0.1, -0.05) is 30.3 Å². The van der Waals surface area contributed by atoms with Gasteiger partial charge < -0.3 is 10.1 Å². The number of hydrogen-bond acceptors (Lipinski definition) is 3. The number of anilines is 1. The maximum atomic E-state index is 12.6. The topological polar surface area (TPSA) is 56.1 Å². The van der Waals surface area contributed by atoms with E-state index < -0.39 is 0 Å².